The summed E-state index contributed by atoms with van der Waals surface area (Å²) in [5.74, 6) is 0.231. The normalized spacial score (nSPS) is 22.6. The smallest absolute Gasteiger partial charge is 0.236 e. The number of nitrogens with zero attached hydrogens (tertiary/aromatic N) is 2. The van der Waals surface area contributed by atoms with Crippen molar-refractivity contribution >= 4 is 11.6 Å². The van der Waals surface area contributed by atoms with Crippen LogP contribution in [0.2, 0.25) is 0 Å². The van der Waals surface area contributed by atoms with Gasteiger partial charge in [-0.1, -0.05) is 18.2 Å². The van der Waals surface area contributed by atoms with Gasteiger partial charge in [0.25, 0.3) is 0 Å². The molecule has 21 heavy (non-hydrogen) atoms. The fourth-order valence-corrected chi connectivity index (χ4v) is 3.03. The van der Waals surface area contributed by atoms with Gasteiger partial charge in [-0.25, -0.2) is 0 Å². The number of nitrogens with one attached hydrogen (secondary N) is 2. The maximum absolute atomic E-state index is 12.2. The first-order valence-electron chi connectivity index (χ1n) is 7.85. The number of piperazine rings is 1. The molecule has 5 nitrogen and oxygen atoms in total. The second-order valence-electron chi connectivity index (χ2n) is 5.77. The van der Waals surface area contributed by atoms with Crippen LogP contribution >= 0.6 is 0 Å². The lowest BCUT2D eigenvalue weighted by atomic mass is 10.2. The fraction of sp³-hybridized carbons (Fsp3) is 0.562. The molecule has 2 saturated heterocycles. The summed E-state index contributed by atoms with van der Waals surface area (Å²) >= 11 is 0. The van der Waals surface area contributed by atoms with Crippen LogP contribution in [0.5, 0.6) is 0 Å². The third-order valence-corrected chi connectivity index (χ3v) is 4.36. The molecule has 1 amide bonds. The Balaban J connectivity index is 1.43. The number of anilines is 1. The highest BCUT2D eigenvalue weighted by Gasteiger charge is 2.22. The Morgan fingerprint density at radius 3 is 2.62 bits per heavy atom. The van der Waals surface area contributed by atoms with Crippen molar-refractivity contribution in [1.29, 1.82) is 0 Å². The monoisotopic (exact) mass is 288 g/mol. The molecule has 1 aromatic carbocycles. The Morgan fingerprint density at radius 2 is 1.95 bits per heavy atom. The third kappa shape index (κ3) is 3.74. The van der Waals surface area contributed by atoms with Crippen molar-refractivity contribution in [3.05, 3.63) is 30.3 Å². The molecule has 1 unspecified atom stereocenters. The summed E-state index contributed by atoms with van der Waals surface area (Å²) in [7, 11) is 0. The van der Waals surface area contributed by atoms with E-state index in [-0.39, 0.29) is 5.91 Å². The average molecular weight is 288 g/mol. The molecule has 0 saturated carbocycles. The minimum absolute atomic E-state index is 0.231. The predicted octanol–water partition coefficient (Wildman–Crippen LogP) is 0.287. The van der Waals surface area contributed by atoms with Crippen LogP contribution in [0.25, 0.3) is 0 Å². The van der Waals surface area contributed by atoms with E-state index in [4.69, 9.17) is 0 Å². The lowest BCUT2D eigenvalue weighted by Gasteiger charge is -2.36. The second kappa shape index (κ2) is 6.91. The molecule has 0 spiro atoms. The van der Waals surface area contributed by atoms with Gasteiger partial charge in [0.15, 0.2) is 0 Å². The summed E-state index contributed by atoms with van der Waals surface area (Å²) in [6.07, 6.45) is 1.12. The average Bonchev–Trinajstić information content (AvgIpc) is 3.07. The molecule has 0 radical (unpaired) electrons. The molecule has 5 heteroatoms. The van der Waals surface area contributed by atoms with Gasteiger partial charge in [-0.05, 0) is 25.1 Å². The lowest BCUT2D eigenvalue weighted by molar-refractivity contribution is -0.130. The first kappa shape index (κ1) is 14.4. The Morgan fingerprint density at radius 1 is 1.19 bits per heavy atom. The number of rotatable bonds is 4. The fourth-order valence-electron chi connectivity index (χ4n) is 3.03. The highest BCUT2D eigenvalue weighted by atomic mass is 16.2. The highest BCUT2D eigenvalue weighted by molar-refractivity contribution is 5.78. The first-order valence-corrected chi connectivity index (χ1v) is 7.85. The molecular weight excluding hydrogens is 264 g/mol. The van der Waals surface area contributed by atoms with Gasteiger partial charge in [0.05, 0.1) is 6.54 Å². The molecular formula is C16H24N4O. The van der Waals surface area contributed by atoms with Gasteiger partial charge in [-0.3, -0.25) is 4.79 Å². The quantitative estimate of drug-likeness (QED) is 0.836. The standard InChI is InChI=1S/C16H24N4O/c21-16(13-18-14-6-7-17-12-14)20-10-8-19(9-11-20)15-4-2-1-3-5-15/h1-5,14,17-18H,6-13H2. The van der Waals surface area contributed by atoms with Crippen molar-refractivity contribution < 1.29 is 4.79 Å². The Labute approximate surface area is 126 Å². The predicted molar refractivity (Wildman–Crippen MR) is 84.5 cm³/mol. The molecule has 0 bridgehead atoms. The number of hydrogen-bond donors (Lipinski definition) is 2. The maximum atomic E-state index is 12.2. The molecule has 2 aliphatic rings. The summed E-state index contributed by atoms with van der Waals surface area (Å²) in [5.41, 5.74) is 1.25. The van der Waals surface area contributed by atoms with E-state index in [0.29, 0.717) is 12.6 Å². The first-order chi connectivity index (χ1) is 10.3. The van der Waals surface area contributed by atoms with Crippen LogP contribution in [0.1, 0.15) is 6.42 Å². The maximum Gasteiger partial charge on any atom is 0.236 e. The van der Waals surface area contributed by atoms with E-state index in [0.717, 1.165) is 45.7 Å². The van der Waals surface area contributed by atoms with Gasteiger partial charge in [0.2, 0.25) is 5.91 Å². The Kier molecular flexibility index (Phi) is 4.72. The van der Waals surface area contributed by atoms with Gasteiger partial charge in [-0.2, -0.15) is 0 Å². The highest BCUT2D eigenvalue weighted by Crippen LogP contribution is 2.15. The van der Waals surface area contributed by atoms with Crippen LogP contribution in [-0.2, 0) is 4.79 Å². The summed E-state index contributed by atoms with van der Waals surface area (Å²) in [6.45, 7) is 5.98. The van der Waals surface area contributed by atoms with Crippen LogP contribution in [0, 0.1) is 0 Å². The van der Waals surface area contributed by atoms with E-state index in [9.17, 15) is 4.79 Å². The topological polar surface area (TPSA) is 47.6 Å². The molecule has 3 rings (SSSR count). The van der Waals surface area contributed by atoms with Crippen LogP contribution < -0.4 is 15.5 Å². The number of carbonyl (C=O) groups is 1. The zero-order valence-electron chi connectivity index (χ0n) is 12.4. The molecule has 114 valence electrons. The van der Waals surface area contributed by atoms with E-state index in [2.05, 4.69) is 39.8 Å². The van der Waals surface area contributed by atoms with Crippen LogP contribution in [0.15, 0.2) is 30.3 Å². The van der Waals surface area contributed by atoms with Crippen LogP contribution in [0.3, 0.4) is 0 Å². The zero-order valence-corrected chi connectivity index (χ0v) is 12.4. The van der Waals surface area contributed by atoms with Gasteiger partial charge < -0.3 is 20.4 Å². The number of amides is 1. The second-order valence-corrected chi connectivity index (χ2v) is 5.77. The Hall–Kier alpha value is -1.59. The van der Waals surface area contributed by atoms with Gasteiger partial charge in [-0.15, -0.1) is 0 Å². The molecule has 1 atom stereocenters. The molecule has 1 aromatic rings. The number of benzene rings is 1. The molecule has 2 fully saturated rings. The molecule has 0 aromatic heterocycles. The lowest BCUT2D eigenvalue weighted by Crippen LogP contribution is -2.51. The number of hydrogen-bond acceptors (Lipinski definition) is 4. The summed E-state index contributed by atoms with van der Waals surface area (Å²) in [6, 6.07) is 10.9. The van der Waals surface area contributed by atoms with E-state index in [1.807, 2.05) is 11.0 Å². The molecule has 2 heterocycles. The molecule has 0 aliphatic carbocycles. The number of para-hydroxylation sites is 1. The van der Waals surface area contributed by atoms with Gasteiger partial charge in [0, 0.05) is 44.5 Å². The van der Waals surface area contributed by atoms with Crippen LogP contribution in [-0.4, -0.2) is 62.7 Å². The van der Waals surface area contributed by atoms with E-state index >= 15 is 0 Å². The molecule has 2 N–H and O–H groups in total. The number of carbonyl (C=O) groups excluding carboxylic acids is 1. The third-order valence-electron chi connectivity index (χ3n) is 4.36. The van der Waals surface area contributed by atoms with Crippen molar-refractivity contribution in [3.8, 4) is 0 Å². The van der Waals surface area contributed by atoms with Crippen molar-refractivity contribution in [2.75, 3.05) is 50.7 Å². The summed E-state index contributed by atoms with van der Waals surface area (Å²) in [5, 5.41) is 6.66. The molecule has 2 aliphatic heterocycles. The van der Waals surface area contributed by atoms with Crippen molar-refractivity contribution in [1.82, 2.24) is 15.5 Å². The summed E-state index contributed by atoms with van der Waals surface area (Å²) in [4.78, 5) is 16.5. The minimum Gasteiger partial charge on any atom is -0.368 e. The van der Waals surface area contributed by atoms with E-state index in [1.54, 1.807) is 0 Å². The van der Waals surface area contributed by atoms with Crippen molar-refractivity contribution in [3.63, 3.8) is 0 Å². The SMILES string of the molecule is O=C(CNC1CCNC1)N1CCN(c2ccccc2)CC1. The van der Waals surface area contributed by atoms with Crippen LogP contribution in [0.4, 0.5) is 5.69 Å². The van der Waals surface area contributed by atoms with Crippen molar-refractivity contribution in [2.45, 2.75) is 12.5 Å². The van der Waals surface area contributed by atoms with E-state index in [1.165, 1.54) is 5.69 Å². The zero-order chi connectivity index (χ0) is 14.5. The van der Waals surface area contributed by atoms with Gasteiger partial charge >= 0.3 is 0 Å². The largest absolute Gasteiger partial charge is 0.368 e. The minimum atomic E-state index is 0.231. The van der Waals surface area contributed by atoms with Crippen molar-refractivity contribution in [2.24, 2.45) is 0 Å². The Bertz CT molecular complexity index is 451. The van der Waals surface area contributed by atoms with Gasteiger partial charge in [0.1, 0.15) is 0 Å². The van der Waals surface area contributed by atoms with E-state index < -0.39 is 0 Å². The summed E-state index contributed by atoms with van der Waals surface area (Å²) < 4.78 is 0.